The van der Waals surface area contributed by atoms with E-state index in [1.165, 1.54) is 0 Å². The summed E-state index contributed by atoms with van der Waals surface area (Å²) in [5.41, 5.74) is 1.68. The molecule has 0 saturated carbocycles. The highest BCUT2D eigenvalue weighted by Gasteiger charge is 2.04. The molecule has 0 aromatic heterocycles. The van der Waals surface area contributed by atoms with Crippen LogP contribution in [0.2, 0.25) is 0 Å². The minimum absolute atomic E-state index is 0.106. The van der Waals surface area contributed by atoms with Crippen molar-refractivity contribution in [1.29, 1.82) is 5.26 Å². The van der Waals surface area contributed by atoms with Crippen LogP contribution in [-0.4, -0.2) is 6.10 Å². The molecule has 1 aromatic carbocycles. The quantitative estimate of drug-likeness (QED) is 0.692. The Balaban J connectivity index is 3.01. The normalized spacial score (nSPS) is 9.77. The summed E-state index contributed by atoms with van der Waals surface area (Å²) in [4.78, 5) is 0. The van der Waals surface area contributed by atoms with Crippen molar-refractivity contribution in [3.8, 4) is 11.8 Å². The third-order valence-electron chi connectivity index (χ3n) is 1.62. The van der Waals surface area contributed by atoms with Gasteiger partial charge in [-0.15, -0.1) is 0 Å². The van der Waals surface area contributed by atoms with Gasteiger partial charge in [0, 0.05) is 0 Å². The molecule has 13 heavy (non-hydrogen) atoms. The number of rotatable bonds is 2. The maximum atomic E-state index is 8.83. The van der Waals surface area contributed by atoms with Crippen molar-refractivity contribution in [3.05, 3.63) is 29.3 Å². The van der Waals surface area contributed by atoms with E-state index >= 15 is 0 Å². The number of hydrogen-bond acceptors (Lipinski definition) is 2. The maximum absolute atomic E-state index is 8.83. The standard InChI is InChI=1S/C11H13NO/c1-8(2)13-11-5-4-9(3)6-10(11)7-12/h4-6,8H,1-3H3. The lowest BCUT2D eigenvalue weighted by atomic mass is 10.1. The molecule has 1 aromatic rings. The zero-order valence-corrected chi connectivity index (χ0v) is 8.16. The number of ether oxygens (including phenoxy) is 1. The van der Waals surface area contributed by atoms with Gasteiger partial charge in [-0.25, -0.2) is 0 Å². The monoisotopic (exact) mass is 175 g/mol. The van der Waals surface area contributed by atoms with Gasteiger partial charge in [0.2, 0.25) is 0 Å². The second-order valence-electron chi connectivity index (χ2n) is 3.28. The van der Waals surface area contributed by atoms with Crippen molar-refractivity contribution in [3.63, 3.8) is 0 Å². The van der Waals surface area contributed by atoms with Crippen molar-refractivity contribution < 1.29 is 4.74 Å². The molecule has 0 amide bonds. The first-order valence-electron chi connectivity index (χ1n) is 4.31. The summed E-state index contributed by atoms with van der Waals surface area (Å²) in [6.07, 6.45) is 0.106. The van der Waals surface area contributed by atoms with Crippen LogP contribution in [0.5, 0.6) is 5.75 Å². The second-order valence-corrected chi connectivity index (χ2v) is 3.28. The number of benzene rings is 1. The van der Waals surface area contributed by atoms with Crippen molar-refractivity contribution in [2.24, 2.45) is 0 Å². The first-order chi connectivity index (χ1) is 6.13. The maximum Gasteiger partial charge on any atom is 0.137 e. The first-order valence-corrected chi connectivity index (χ1v) is 4.31. The summed E-state index contributed by atoms with van der Waals surface area (Å²) in [5, 5.41) is 8.83. The Bertz CT molecular complexity index is 336. The Morgan fingerprint density at radius 3 is 2.62 bits per heavy atom. The van der Waals surface area contributed by atoms with Gasteiger partial charge < -0.3 is 4.74 Å². The van der Waals surface area contributed by atoms with Crippen LogP contribution in [0.1, 0.15) is 25.0 Å². The number of aryl methyl sites for hydroxylation is 1. The van der Waals surface area contributed by atoms with Gasteiger partial charge in [-0.05, 0) is 38.5 Å². The van der Waals surface area contributed by atoms with Crippen LogP contribution in [0.15, 0.2) is 18.2 Å². The molecule has 2 heteroatoms. The van der Waals surface area contributed by atoms with Crippen LogP contribution >= 0.6 is 0 Å². The van der Waals surface area contributed by atoms with Crippen molar-refractivity contribution in [1.82, 2.24) is 0 Å². The predicted octanol–water partition coefficient (Wildman–Crippen LogP) is 2.65. The number of hydrogen-bond donors (Lipinski definition) is 0. The predicted molar refractivity (Wildman–Crippen MR) is 51.7 cm³/mol. The van der Waals surface area contributed by atoms with E-state index in [0.29, 0.717) is 11.3 Å². The van der Waals surface area contributed by atoms with E-state index in [4.69, 9.17) is 10.00 Å². The second kappa shape index (κ2) is 3.95. The first kappa shape index (κ1) is 9.60. The summed E-state index contributed by atoms with van der Waals surface area (Å²) in [6.45, 7) is 5.85. The molecule has 0 radical (unpaired) electrons. The fraction of sp³-hybridized carbons (Fsp3) is 0.364. The molecule has 0 heterocycles. The third-order valence-corrected chi connectivity index (χ3v) is 1.62. The highest BCUT2D eigenvalue weighted by Crippen LogP contribution is 2.19. The molecular weight excluding hydrogens is 162 g/mol. The average molecular weight is 175 g/mol. The van der Waals surface area contributed by atoms with E-state index in [2.05, 4.69) is 6.07 Å². The van der Waals surface area contributed by atoms with Gasteiger partial charge in [-0.3, -0.25) is 0 Å². The van der Waals surface area contributed by atoms with Gasteiger partial charge in [-0.2, -0.15) is 5.26 Å². The molecular formula is C11H13NO. The molecule has 0 fully saturated rings. The Kier molecular flexibility index (Phi) is 2.92. The smallest absolute Gasteiger partial charge is 0.137 e. The SMILES string of the molecule is Cc1ccc(OC(C)C)c(C#N)c1. The topological polar surface area (TPSA) is 33.0 Å². The average Bonchev–Trinajstić information content (AvgIpc) is 2.07. The minimum atomic E-state index is 0.106. The fourth-order valence-corrected chi connectivity index (χ4v) is 1.09. The van der Waals surface area contributed by atoms with Crippen molar-refractivity contribution in [2.75, 3.05) is 0 Å². The summed E-state index contributed by atoms with van der Waals surface area (Å²) in [7, 11) is 0. The van der Waals surface area contributed by atoms with Crippen LogP contribution in [0.25, 0.3) is 0 Å². The van der Waals surface area contributed by atoms with E-state index in [-0.39, 0.29) is 6.10 Å². The lowest BCUT2D eigenvalue weighted by Gasteiger charge is -2.10. The van der Waals surface area contributed by atoms with E-state index in [1.807, 2.05) is 39.0 Å². The van der Waals surface area contributed by atoms with Crippen LogP contribution < -0.4 is 4.74 Å². The molecule has 0 bridgehead atoms. The minimum Gasteiger partial charge on any atom is -0.490 e. The molecule has 0 aliphatic rings. The van der Waals surface area contributed by atoms with Crippen LogP contribution in [0.4, 0.5) is 0 Å². The number of nitrogens with zero attached hydrogens (tertiary/aromatic N) is 1. The Morgan fingerprint density at radius 2 is 2.08 bits per heavy atom. The summed E-state index contributed by atoms with van der Waals surface area (Å²) < 4.78 is 5.47. The van der Waals surface area contributed by atoms with Crippen LogP contribution in [-0.2, 0) is 0 Å². The Hall–Kier alpha value is -1.49. The van der Waals surface area contributed by atoms with E-state index in [1.54, 1.807) is 0 Å². The van der Waals surface area contributed by atoms with Crippen molar-refractivity contribution >= 4 is 0 Å². The van der Waals surface area contributed by atoms with Gasteiger partial charge in [0.25, 0.3) is 0 Å². The molecule has 2 nitrogen and oxygen atoms in total. The van der Waals surface area contributed by atoms with Crippen LogP contribution in [0.3, 0.4) is 0 Å². The van der Waals surface area contributed by atoms with Gasteiger partial charge in [0.15, 0.2) is 0 Å². The molecule has 0 aliphatic heterocycles. The lowest BCUT2D eigenvalue weighted by molar-refractivity contribution is 0.241. The molecule has 0 aliphatic carbocycles. The van der Waals surface area contributed by atoms with E-state index in [9.17, 15) is 0 Å². The van der Waals surface area contributed by atoms with E-state index in [0.717, 1.165) is 5.56 Å². The van der Waals surface area contributed by atoms with Crippen molar-refractivity contribution in [2.45, 2.75) is 26.9 Å². The molecule has 0 unspecified atom stereocenters. The lowest BCUT2D eigenvalue weighted by Crippen LogP contribution is -2.06. The molecule has 0 spiro atoms. The molecule has 0 N–H and O–H groups in total. The van der Waals surface area contributed by atoms with Gasteiger partial charge >= 0.3 is 0 Å². The molecule has 0 atom stereocenters. The molecule has 68 valence electrons. The number of nitriles is 1. The van der Waals surface area contributed by atoms with E-state index < -0.39 is 0 Å². The molecule has 0 saturated heterocycles. The Labute approximate surface area is 78.8 Å². The van der Waals surface area contributed by atoms with Gasteiger partial charge in [0.05, 0.1) is 11.7 Å². The Morgan fingerprint density at radius 1 is 1.38 bits per heavy atom. The summed E-state index contributed by atoms with van der Waals surface area (Å²) in [6, 6.07) is 7.73. The van der Waals surface area contributed by atoms with Gasteiger partial charge in [-0.1, -0.05) is 6.07 Å². The van der Waals surface area contributed by atoms with Gasteiger partial charge in [0.1, 0.15) is 11.8 Å². The molecule has 1 rings (SSSR count). The largest absolute Gasteiger partial charge is 0.490 e. The zero-order chi connectivity index (χ0) is 9.84. The highest BCUT2D eigenvalue weighted by atomic mass is 16.5. The highest BCUT2D eigenvalue weighted by molar-refractivity contribution is 5.45. The zero-order valence-electron chi connectivity index (χ0n) is 8.16. The summed E-state index contributed by atoms with van der Waals surface area (Å²) in [5.74, 6) is 0.670. The fourth-order valence-electron chi connectivity index (χ4n) is 1.09. The third kappa shape index (κ3) is 2.48. The summed E-state index contributed by atoms with van der Waals surface area (Å²) >= 11 is 0. The van der Waals surface area contributed by atoms with Crippen LogP contribution in [0, 0.1) is 18.3 Å².